The molecule has 4 nitrogen and oxygen atoms in total. The predicted octanol–water partition coefficient (Wildman–Crippen LogP) is 5.21. The maximum atomic E-state index is 12.2. The molecule has 5 heteroatoms. The summed E-state index contributed by atoms with van der Waals surface area (Å²) in [6.07, 6.45) is 3.08. The van der Waals surface area contributed by atoms with Gasteiger partial charge in [-0.15, -0.1) is 0 Å². The number of carbonyl (C=O) groups is 2. The van der Waals surface area contributed by atoms with Gasteiger partial charge in [0.15, 0.2) is 17.3 Å². The van der Waals surface area contributed by atoms with E-state index in [2.05, 4.69) is 33.9 Å². The Labute approximate surface area is 165 Å². The first-order valence-corrected chi connectivity index (χ1v) is 11.6. The minimum atomic E-state index is -1.03. The van der Waals surface area contributed by atoms with Crippen LogP contribution in [0.1, 0.15) is 59.1 Å². The first-order chi connectivity index (χ1) is 12.3. The van der Waals surface area contributed by atoms with Gasteiger partial charge in [0.05, 0.1) is 13.5 Å². The lowest BCUT2D eigenvalue weighted by atomic mass is 9.85. The van der Waals surface area contributed by atoms with Crippen molar-refractivity contribution in [2.45, 2.75) is 66.5 Å². The van der Waals surface area contributed by atoms with Crippen molar-refractivity contribution in [2.24, 2.45) is 5.41 Å². The van der Waals surface area contributed by atoms with E-state index in [0.29, 0.717) is 11.5 Å². The Hall–Kier alpha value is -1.88. The highest BCUT2D eigenvalue weighted by atomic mass is 28.3. The van der Waals surface area contributed by atoms with Gasteiger partial charge >= 0.3 is 0 Å². The first-order valence-electron chi connectivity index (χ1n) is 9.21. The lowest BCUT2D eigenvalue weighted by molar-refractivity contribution is -0.130. The zero-order chi connectivity index (χ0) is 21.0. The van der Waals surface area contributed by atoms with Gasteiger partial charge in [0, 0.05) is 16.5 Å². The van der Waals surface area contributed by atoms with E-state index in [1.54, 1.807) is 13.2 Å². The van der Waals surface area contributed by atoms with E-state index < -0.39 is 14.5 Å². The molecule has 0 atom stereocenters. The molecule has 0 aromatic heterocycles. The van der Waals surface area contributed by atoms with Crippen LogP contribution in [0.25, 0.3) is 6.08 Å². The van der Waals surface area contributed by atoms with Crippen LogP contribution in [0.5, 0.6) is 11.5 Å². The minimum Gasteiger partial charge on any atom is -0.540 e. The Morgan fingerprint density at radius 2 is 1.63 bits per heavy atom. The predicted molar refractivity (Wildman–Crippen MR) is 113 cm³/mol. The first kappa shape index (κ1) is 23.2. The zero-order valence-electron chi connectivity index (χ0n) is 18.1. The molecule has 0 fully saturated rings. The van der Waals surface area contributed by atoms with Crippen LogP contribution < -0.4 is 9.16 Å². The third-order valence-electron chi connectivity index (χ3n) is 4.08. The molecule has 0 aliphatic heterocycles. The number of rotatable bonds is 7. The molecule has 149 valence electrons. The van der Waals surface area contributed by atoms with Crippen LogP contribution >= 0.6 is 0 Å². The molecule has 0 aliphatic carbocycles. The summed E-state index contributed by atoms with van der Waals surface area (Å²) < 4.78 is 11.8. The van der Waals surface area contributed by atoms with Crippen molar-refractivity contribution in [2.75, 3.05) is 7.11 Å². The Morgan fingerprint density at radius 3 is 2.07 bits per heavy atom. The van der Waals surface area contributed by atoms with Gasteiger partial charge in [-0.3, -0.25) is 9.59 Å². The normalized spacial score (nSPS) is 12.5. The van der Waals surface area contributed by atoms with Gasteiger partial charge in [-0.1, -0.05) is 53.7 Å². The smallest absolute Gasteiger partial charge is 0.274 e. The van der Waals surface area contributed by atoms with Gasteiger partial charge in [0.25, 0.3) is 9.04 Å². The highest BCUT2D eigenvalue weighted by molar-refractivity contribution is 6.49. The minimum absolute atomic E-state index is 0.0677. The number of allylic oxidation sites excluding steroid dienone is 1. The summed E-state index contributed by atoms with van der Waals surface area (Å²) in [5.74, 6) is 1.09. The van der Waals surface area contributed by atoms with Crippen LogP contribution in [0, 0.1) is 5.41 Å². The fraction of sp³-hybridized carbons (Fsp3) is 0.545. The third kappa shape index (κ3) is 6.65. The van der Waals surface area contributed by atoms with E-state index in [-0.39, 0.29) is 23.4 Å². The quantitative estimate of drug-likeness (QED) is 0.365. The van der Waals surface area contributed by atoms with Crippen LogP contribution in [0.15, 0.2) is 18.2 Å². The van der Waals surface area contributed by atoms with E-state index in [0.717, 1.165) is 11.1 Å². The second-order valence-corrected chi connectivity index (χ2v) is 11.0. The van der Waals surface area contributed by atoms with Crippen molar-refractivity contribution in [3.05, 3.63) is 29.3 Å². The SMILES string of the molecule is COc1c(C(C)(C)C)ccc(C=CC(=O)CC(=O)C(C)(C)C)c1O[Si](C)C. The molecule has 1 aromatic carbocycles. The maximum absolute atomic E-state index is 12.2. The number of hydrogen-bond acceptors (Lipinski definition) is 4. The maximum Gasteiger partial charge on any atom is 0.274 e. The van der Waals surface area contributed by atoms with E-state index >= 15 is 0 Å². The highest BCUT2D eigenvalue weighted by Gasteiger charge is 2.25. The summed E-state index contributed by atoms with van der Waals surface area (Å²) in [6, 6.07) is 3.95. The molecule has 1 aromatic rings. The van der Waals surface area contributed by atoms with Gasteiger partial charge < -0.3 is 9.16 Å². The average Bonchev–Trinajstić information content (AvgIpc) is 2.50. The zero-order valence-corrected chi connectivity index (χ0v) is 19.1. The molecule has 0 saturated heterocycles. The Kier molecular flexibility index (Phi) is 7.61. The number of methoxy groups -OCH3 is 1. The van der Waals surface area contributed by atoms with E-state index in [9.17, 15) is 9.59 Å². The molecule has 0 amide bonds. The van der Waals surface area contributed by atoms with Crippen molar-refractivity contribution in [1.82, 2.24) is 0 Å². The molecule has 0 saturated carbocycles. The van der Waals surface area contributed by atoms with Gasteiger partial charge in [0.1, 0.15) is 5.78 Å². The standard InChI is InChI=1S/C22H33O4Si/c1-21(2,3)17-13-11-15(19(20(17)25-7)26-27(8)9)10-12-16(23)14-18(24)22(4,5)6/h10-13H,14H2,1-9H3. The van der Waals surface area contributed by atoms with Gasteiger partial charge in [-0.2, -0.15) is 0 Å². The van der Waals surface area contributed by atoms with Gasteiger partial charge in [-0.25, -0.2) is 0 Å². The number of ketones is 2. The third-order valence-corrected chi connectivity index (χ3v) is 4.69. The summed E-state index contributed by atoms with van der Waals surface area (Å²) in [5, 5.41) is 0. The largest absolute Gasteiger partial charge is 0.540 e. The number of carbonyl (C=O) groups excluding carboxylic acids is 2. The van der Waals surface area contributed by atoms with E-state index in [1.165, 1.54) is 6.08 Å². The van der Waals surface area contributed by atoms with E-state index in [4.69, 9.17) is 9.16 Å². The second kappa shape index (κ2) is 8.87. The average molecular weight is 390 g/mol. The van der Waals surface area contributed by atoms with Crippen LogP contribution in [0.2, 0.25) is 13.1 Å². The number of benzene rings is 1. The molecule has 0 spiro atoms. The molecule has 0 N–H and O–H groups in total. The second-order valence-electron chi connectivity index (χ2n) is 8.97. The van der Waals surface area contributed by atoms with E-state index in [1.807, 2.05) is 32.9 Å². The lowest BCUT2D eigenvalue weighted by Crippen LogP contribution is -2.22. The molecule has 0 aliphatic rings. The summed E-state index contributed by atoms with van der Waals surface area (Å²) >= 11 is 0. The monoisotopic (exact) mass is 389 g/mol. The fourth-order valence-electron chi connectivity index (χ4n) is 2.48. The molecule has 0 heterocycles. The van der Waals surface area contributed by atoms with Gasteiger partial charge in [-0.05, 0) is 30.7 Å². The molecule has 27 heavy (non-hydrogen) atoms. The lowest BCUT2D eigenvalue weighted by Gasteiger charge is -2.25. The van der Waals surface area contributed by atoms with Crippen molar-refractivity contribution >= 4 is 26.7 Å². The van der Waals surface area contributed by atoms with Crippen molar-refractivity contribution < 1.29 is 18.8 Å². The Bertz CT molecular complexity index is 719. The van der Waals surface area contributed by atoms with Crippen LogP contribution in [0.4, 0.5) is 0 Å². The summed E-state index contributed by atoms with van der Waals surface area (Å²) in [6.45, 7) is 15.9. The molecule has 0 unspecified atom stereocenters. The molecule has 1 radical (unpaired) electrons. The fourth-order valence-corrected chi connectivity index (χ4v) is 3.10. The van der Waals surface area contributed by atoms with Crippen LogP contribution in [-0.4, -0.2) is 27.7 Å². The highest BCUT2D eigenvalue weighted by Crippen LogP contribution is 2.41. The van der Waals surface area contributed by atoms with Crippen LogP contribution in [-0.2, 0) is 15.0 Å². The van der Waals surface area contributed by atoms with Crippen molar-refractivity contribution in [3.8, 4) is 11.5 Å². The Balaban J connectivity index is 3.27. The van der Waals surface area contributed by atoms with Crippen molar-refractivity contribution in [3.63, 3.8) is 0 Å². The molecule has 0 bridgehead atoms. The summed E-state index contributed by atoms with van der Waals surface area (Å²) in [5.41, 5.74) is 1.21. The van der Waals surface area contributed by atoms with Crippen molar-refractivity contribution in [1.29, 1.82) is 0 Å². The number of hydrogen-bond donors (Lipinski definition) is 0. The molecular weight excluding hydrogens is 356 g/mol. The Morgan fingerprint density at radius 1 is 1.04 bits per heavy atom. The van der Waals surface area contributed by atoms with Gasteiger partial charge in [0.2, 0.25) is 0 Å². The summed E-state index contributed by atoms with van der Waals surface area (Å²) in [7, 11) is 0.604. The van der Waals surface area contributed by atoms with Crippen LogP contribution in [0.3, 0.4) is 0 Å². The molecular formula is C22H33O4Si. The summed E-state index contributed by atoms with van der Waals surface area (Å²) in [4.78, 5) is 24.3. The molecule has 1 rings (SSSR count). The topological polar surface area (TPSA) is 52.6 Å². The number of Topliss-reactive ketones (excluding diaryl/α,β-unsaturated/α-hetero) is 1. The number of ether oxygens (including phenoxy) is 1.